The number of ether oxygens (including phenoxy) is 1. The van der Waals surface area contributed by atoms with Gasteiger partial charge in [0.05, 0.1) is 12.3 Å². The third kappa shape index (κ3) is 3.70. The van der Waals surface area contributed by atoms with Crippen LogP contribution in [0, 0.1) is 6.92 Å². The second kappa shape index (κ2) is 7.29. The van der Waals surface area contributed by atoms with Crippen LogP contribution in [0.5, 0.6) is 0 Å². The first-order chi connectivity index (χ1) is 12.0. The number of hydrazine groups is 1. The summed E-state index contributed by atoms with van der Waals surface area (Å²) < 4.78 is 4.97. The fraction of sp³-hybridized carbons (Fsp3) is 0.222. The lowest BCUT2D eigenvalue weighted by Gasteiger charge is -2.39. The maximum atomic E-state index is 11.8. The van der Waals surface area contributed by atoms with Gasteiger partial charge in [-0.3, -0.25) is 5.01 Å². The molecule has 0 radical (unpaired) electrons. The van der Waals surface area contributed by atoms with Crippen LogP contribution in [0.2, 0.25) is 5.02 Å². The molecule has 1 amide bonds. The molecule has 7 heteroatoms. The number of rotatable bonds is 3. The highest BCUT2D eigenvalue weighted by Gasteiger charge is 2.29. The molecule has 0 aliphatic carbocycles. The molecule has 0 saturated carbocycles. The maximum Gasteiger partial charge on any atom is 0.426 e. The average molecular weight is 376 g/mol. The number of amides is 1. The van der Waals surface area contributed by atoms with Gasteiger partial charge < -0.3 is 9.64 Å². The molecule has 3 rings (SSSR count). The molecule has 0 atom stereocenters. The summed E-state index contributed by atoms with van der Waals surface area (Å²) in [5, 5.41) is 2.23. The van der Waals surface area contributed by atoms with Gasteiger partial charge in [0.2, 0.25) is 0 Å². The largest absolute Gasteiger partial charge is 0.449 e. The fourth-order valence-electron chi connectivity index (χ4n) is 2.64. The number of anilines is 2. The first-order valence-electron chi connectivity index (χ1n) is 7.88. The van der Waals surface area contributed by atoms with E-state index in [0.29, 0.717) is 23.3 Å². The quantitative estimate of drug-likeness (QED) is 0.806. The van der Waals surface area contributed by atoms with Crippen LogP contribution in [0.3, 0.4) is 0 Å². The SMILES string of the molecule is CCOC(=O)NN1CN(c2ccc(C)cc2)c2cc(Cl)ccc2C1=S. The van der Waals surface area contributed by atoms with E-state index in [1.54, 1.807) is 18.0 Å². The molecule has 25 heavy (non-hydrogen) atoms. The summed E-state index contributed by atoms with van der Waals surface area (Å²) in [5.74, 6) is 0. The van der Waals surface area contributed by atoms with Crippen molar-refractivity contribution in [1.82, 2.24) is 10.4 Å². The van der Waals surface area contributed by atoms with E-state index in [-0.39, 0.29) is 0 Å². The first-order valence-corrected chi connectivity index (χ1v) is 8.67. The lowest BCUT2D eigenvalue weighted by molar-refractivity contribution is 0.131. The number of aryl methyl sites for hydroxylation is 1. The van der Waals surface area contributed by atoms with Gasteiger partial charge in [-0.1, -0.05) is 41.5 Å². The third-order valence-corrected chi connectivity index (χ3v) is 4.53. The van der Waals surface area contributed by atoms with Crippen LogP contribution in [0.4, 0.5) is 16.2 Å². The zero-order valence-electron chi connectivity index (χ0n) is 14.0. The van der Waals surface area contributed by atoms with E-state index >= 15 is 0 Å². The van der Waals surface area contributed by atoms with Crippen LogP contribution in [-0.2, 0) is 4.74 Å². The van der Waals surface area contributed by atoms with Gasteiger partial charge in [0.15, 0.2) is 0 Å². The van der Waals surface area contributed by atoms with E-state index in [2.05, 4.69) is 5.43 Å². The molecule has 0 unspecified atom stereocenters. The molecule has 2 aromatic carbocycles. The maximum absolute atomic E-state index is 11.8. The van der Waals surface area contributed by atoms with Crippen molar-refractivity contribution in [2.24, 2.45) is 0 Å². The van der Waals surface area contributed by atoms with Gasteiger partial charge in [0, 0.05) is 16.3 Å². The van der Waals surface area contributed by atoms with Crippen LogP contribution in [0.25, 0.3) is 0 Å². The number of hydrogen-bond donors (Lipinski definition) is 1. The number of hydrogen-bond acceptors (Lipinski definition) is 4. The molecule has 0 fully saturated rings. The molecule has 0 bridgehead atoms. The fourth-order valence-corrected chi connectivity index (χ4v) is 3.08. The molecule has 1 heterocycles. The van der Waals surface area contributed by atoms with Crippen molar-refractivity contribution in [3.8, 4) is 0 Å². The van der Waals surface area contributed by atoms with E-state index in [1.165, 1.54) is 5.56 Å². The van der Waals surface area contributed by atoms with Gasteiger partial charge in [-0.2, -0.15) is 0 Å². The van der Waals surface area contributed by atoms with E-state index in [1.807, 2.05) is 48.2 Å². The minimum absolute atomic E-state index is 0.292. The Bertz CT molecular complexity index is 810. The number of nitrogens with zero attached hydrogens (tertiary/aromatic N) is 2. The molecule has 2 aromatic rings. The number of benzene rings is 2. The van der Waals surface area contributed by atoms with E-state index in [9.17, 15) is 4.79 Å². The van der Waals surface area contributed by atoms with Crippen LogP contribution in [0.15, 0.2) is 42.5 Å². The average Bonchev–Trinajstić information content (AvgIpc) is 2.58. The Kier molecular flexibility index (Phi) is 5.11. The van der Waals surface area contributed by atoms with Crippen molar-refractivity contribution in [2.75, 3.05) is 18.2 Å². The van der Waals surface area contributed by atoms with Crippen LogP contribution < -0.4 is 10.3 Å². The lowest BCUT2D eigenvalue weighted by Crippen LogP contribution is -2.53. The standard InChI is InChI=1S/C18H18ClN3O2S/c1-3-24-18(23)20-22-11-21(14-7-4-12(2)5-8-14)16-10-13(19)6-9-15(16)17(22)25/h4-10H,3,11H2,1-2H3,(H,20,23). The lowest BCUT2D eigenvalue weighted by atomic mass is 10.1. The van der Waals surface area contributed by atoms with Crippen molar-refractivity contribution in [2.45, 2.75) is 13.8 Å². The molecule has 130 valence electrons. The monoisotopic (exact) mass is 375 g/mol. The molecule has 1 aliphatic rings. The topological polar surface area (TPSA) is 44.8 Å². The van der Waals surface area contributed by atoms with Crippen molar-refractivity contribution in [3.05, 3.63) is 58.6 Å². The second-order valence-corrected chi connectivity index (χ2v) is 6.46. The summed E-state index contributed by atoms with van der Waals surface area (Å²) in [4.78, 5) is 14.4. The van der Waals surface area contributed by atoms with Gasteiger partial charge in [-0.25, -0.2) is 10.2 Å². The summed E-state index contributed by atoms with van der Waals surface area (Å²) in [7, 11) is 0. The molecule has 0 spiro atoms. The molecule has 0 saturated heterocycles. The Balaban J connectivity index is 2.00. The van der Waals surface area contributed by atoms with E-state index in [0.717, 1.165) is 16.9 Å². The summed E-state index contributed by atoms with van der Waals surface area (Å²) in [6.45, 7) is 4.44. The van der Waals surface area contributed by atoms with E-state index < -0.39 is 6.09 Å². The Labute approximate surface area is 157 Å². The Hall–Kier alpha value is -2.31. The highest BCUT2D eigenvalue weighted by atomic mass is 35.5. The smallest absolute Gasteiger partial charge is 0.426 e. The zero-order chi connectivity index (χ0) is 18.0. The molecule has 0 aromatic heterocycles. The number of carbonyl (C=O) groups excluding carboxylic acids is 1. The zero-order valence-corrected chi connectivity index (χ0v) is 15.5. The summed E-state index contributed by atoms with van der Waals surface area (Å²) in [6, 6.07) is 13.7. The molecule has 1 N–H and O–H groups in total. The van der Waals surface area contributed by atoms with Crippen LogP contribution >= 0.6 is 23.8 Å². The summed E-state index contributed by atoms with van der Waals surface area (Å²) in [5.41, 5.74) is 6.57. The predicted molar refractivity (Wildman–Crippen MR) is 103 cm³/mol. The van der Waals surface area contributed by atoms with Gasteiger partial charge in [0.25, 0.3) is 0 Å². The van der Waals surface area contributed by atoms with Gasteiger partial charge in [-0.15, -0.1) is 0 Å². The normalized spacial score (nSPS) is 13.5. The van der Waals surface area contributed by atoms with Crippen LogP contribution in [0.1, 0.15) is 18.1 Å². The molecule has 1 aliphatic heterocycles. The van der Waals surface area contributed by atoms with E-state index in [4.69, 9.17) is 28.6 Å². The van der Waals surface area contributed by atoms with Crippen molar-refractivity contribution >= 4 is 46.3 Å². The highest BCUT2D eigenvalue weighted by molar-refractivity contribution is 7.80. The number of fused-ring (bicyclic) bond motifs is 1. The molecule has 5 nitrogen and oxygen atoms in total. The minimum atomic E-state index is -0.536. The van der Waals surface area contributed by atoms with Gasteiger partial charge >= 0.3 is 6.09 Å². The Morgan fingerprint density at radius 1 is 1.28 bits per heavy atom. The van der Waals surface area contributed by atoms with Crippen molar-refractivity contribution in [1.29, 1.82) is 0 Å². The summed E-state index contributed by atoms with van der Waals surface area (Å²) in [6.07, 6.45) is -0.536. The minimum Gasteiger partial charge on any atom is -0.449 e. The third-order valence-electron chi connectivity index (χ3n) is 3.86. The van der Waals surface area contributed by atoms with Crippen molar-refractivity contribution in [3.63, 3.8) is 0 Å². The van der Waals surface area contributed by atoms with Gasteiger partial charge in [-0.05, 0) is 44.2 Å². The highest BCUT2D eigenvalue weighted by Crippen LogP contribution is 2.35. The van der Waals surface area contributed by atoms with Crippen LogP contribution in [-0.4, -0.2) is 29.4 Å². The predicted octanol–water partition coefficient (Wildman–Crippen LogP) is 4.40. The Morgan fingerprint density at radius 2 is 2.00 bits per heavy atom. The number of halogens is 1. The second-order valence-electron chi connectivity index (χ2n) is 5.63. The number of thiocarbonyl (C=S) groups is 1. The summed E-state index contributed by atoms with van der Waals surface area (Å²) >= 11 is 11.7. The first kappa shape index (κ1) is 17.5. The Morgan fingerprint density at radius 3 is 2.68 bits per heavy atom. The number of carbonyl (C=O) groups is 1. The number of nitrogens with one attached hydrogen (secondary N) is 1. The molecular weight excluding hydrogens is 358 g/mol. The molecular formula is C18H18ClN3O2S. The van der Waals surface area contributed by atoms with Crippen molar-refractivity contribution < 1.29 is 9.53 Å². The van der Waals surface area contributed by atoms with Gasteiger partial charge in [0.1, 0.15) is 11.7 Å².